The molecule has 0 fully saturated rings. The maximum Gasteiger partial charge on any atom is 0.137 e. The Kier molecular flexibility index (Phi) is 4.83. The fourth-order valence-corrected chi connectivity index (χ4v) is 2.79. The summed E-state index contributed by atoms with van der Waals surface area (Å²) >= 11 is 0. The van der Waals surface area contributed by atoms with Crippen LogP contribution in [0.25, 0.3) is 10.9 Å². The highest BCUT2D eigenvalue weighted by Gasteiger charge is 2.10. The normalized spacial score (nSPS) is 12.3. The summed E-state index contributed by atoms with van der Waals surface area (Å²) in [5, 5.41) is 4.56. The van der Waals surface area contributed by atoms with Gasteiger partial charge in [0, 0.05) is 18.5 Å². The van der Waals surface area contributed by atoms with Gasteiger partial charge in [-0.2, -0.15) is 0 Å². The topological polar surface area (TPSA) is 47.0 Å². The molecule has 1 atom stereocenters. The lowest BCUT2D eigenvalue weighted by Gasteiger charge is -2.17. The Balaban J connectivity index is 1.78. The van der Waals surface area contributed by atoms with Gasteiger partial charge in [0.25, 0.3) is 0 Å². The van der Waals surface area contributed by atoms with Crippen LogP contribution in [0.4, 0.5) is 5.82 Å². The molecule has 2 aromatic carbocycles. The number of methoxy groups -OCH3 is 1. The minimum Gasteiger partial charge on any atom is -0.380 e. The smallest absolute Gasteiger partial charge is 0.137 e. The van der Waals surface area contributed by atoms with E-state index in [1.165, 1.54) is 11.1 Å². The van der Waals surface area contributed by atoms with Crippen molar-refractivity contribution in [1.29, 1.82) is 0 Å². The van der Waals surface area contributed by atoms with Gasteiger partial charge in [0.05, 0.1) is 12.1 Å². The number of hydrogen-bond donors (Lipinski definition) is 1. The number of hydrogen-bond acceptors (Lipinski definition) is 4. The van der Waals surface area contributed by atoms with Crippen molar-refractivity contribution in [2.24, 2.45) is 0 Å². The Morgan fingerprint density at radius 1 is 1.00 bits per heavy atom. The summed E-state index contributed by atoms with van der Waals surface area (Å²) in [4.78, 5) is 8.70. The Bertz CT molecular complexity index is 783. The van der Waals surface area contributed by atoms with Crippen molar-refractivity contribution in [3.63, 3.8) is 0 Å². The number of rotatable bonds is 6. The number of para-hydroxylation sites is 1. The van der Waals surface area contributed by atoms with E-state index in [0.717, 1.165) is 23.1 Å². The lowest BCUT2D eigenvalue weighted by atomic mass is 10.0. The summed E-state index contributed by atoms with van der Waals surface area (Å²) < 4.78 is 5.29. The first kappa shape index (κ1) is 15.4. The first-order chi connectivity index (χ1) is 11.3. The van der Waals surface area contributed by atoms with Gasteiger partial charge in [-0.15, -0.1) is 0 Å². The van der Waals surface area contributed by atoms with Gasteiger partial charge in [0.2, 0.25) is 0 Å². The van der Waals surface area contributed by atoms with Gasteiger partial charge >= 0.3 is 0 Å². The number of benzene rings is 2. The summed E-state index contributed by atoms with van der Waals surface area (Å²) in [6.45, 7) is 2.81. The van der Waals surface area contributed by atoms with Crippen LogP contribution in [0.2, 0.25) is 0 Å². The molecule has 0 saturated heterocycles. The van der Waals surface area contributed by atoms with Gasteiger partial charge in [-0.1, -0.05) is 36.4 Å². The molecule has 0 aliphatic rings. The van der Waals surface area contributed by atoms with E-state index < -0.39 is 0 Å². The second-order valence-electron chi connectivity index (χ2n) is 5.69. The molecule has 1 unspecified atom stereocenters. The molecule has 0 aliphatic carbocycles. The van der Waals surface area contributed by atoms with E-state index in [1.54, 1.807) is 13.4 Å². The monoisotopic (exact) mass is 307 g/mol. The summed E-state index contributed by atoms with van der Waals surface area (Å²) in [6, 6.07) is 16.7. The molecule has 23 heavy (non-hydrogen) atoms. The van der Waals surface area contributed by atoms with Gasteiger partial charge in [0.1, 0.15) is 12.1 Å². The van der Waals surface area contributed by atoms with E-state index in [4.69, 9.17) is 4.74 Å². The molecular weight excluding hydrogens is 286 g/mol. The second kappa shape index (κ2) is 7.20. The maximum atomic E-state index is 5.29. The number of ether oxygens (including phenoxy) is 1. The van der Waals surface area contributed by atoms with Crippen LogP contribution >= 0.6 is 0 Å². The average molecular weight is 307 g/mol. The summed E-state index contributed by atoms with van der Waals surface area (Å²) in [7, 11) is 1.73. The molecular formula is C19H21N3O. The molecule has 3 aromatic rings. The number of nitrogens with one attached hydrogen (secondary N) is 1. The summed E-state index contributed by atoms with van der Waals surface area (Å²) in [5.41, 5.74) is 3.49. The van der Waals surface area contributed by atoms with Crippen LogP contribution in [-0.4, -0.2) is 23.1 Å². The van der Waals surface area contributed by atoms with Crippen molar-refractivity contribution < 1.29 is 4.74 Å². The predicted molar refractivity (Wildman–Crippen MR) is 93.5 cm³/mol. The third kappa shape index (κ3) is 3.66. The predicted octanol–water partition coefficient (Wildman–Crippen LogP) is 3.82. The second-order valence-corrected chi connectivity index (χ2v) is 5.69. The third-order valence-corrected chi connectivity index (χ3v) is 3.87. The van der Waals surface area contributed by atoms with Gasteiger partial charge in [-0.05, 0) is 36.6 Å². The highest BCUT2D eigenvalue weighted by atomic mass is 16.5. The number of aromatic nitrogens is 2. The average Bonchev–Trinajstić information content (AvgIpc) is 2.57. The van der Waals surface area contributed by atoms with E-state index in [1.807, 2.05) is 30.3 Å². The lowest BCUT2D eigenvalue weighted by molar-refractivity contribution is 0.184. The van der Waals surface area contributed by atoms with Crippen molar-refractivity contribution in [2.45, 2.75) is 26.0 Å². The maximum absolute atomic E-state index is 5.29. The highest BCUT2D eigenvalue weighted by molar-refractivity contribution is 5.88. The van der Waals surface area contributed by atoms with Crippen LogP contribution < -0.4 is 5.32 Å². The molecule has 0 radical (unpaired) electrons. The highest BCUT2D eigenvalue weighted by Crippen LogP contribution is 2.20. The van der Waals surface area contributed by atoms with Crippen molar-refractivity contribution in [3.8, 4) is 0 Å². The number of nitrogens with zero attached hydrogens (tertiary/aromatic N) is 2. The zero-order chi connectivity index (χ0) is 16.1. The standard InChI is InChI=1S/C19H21N3O/c1-14(11-15-7-3-4-8-16(15)12-23-2)22-19-17-9-5-6-10-18(17)20-13-21-19/h3-10,13-14H,11-12H2,1-2H3,(H,20,21,22). The molecule has 1 N–H and O–H groups in total. The summed E-state index contributed by atoms with van der Waals surface area (Å²) in [5.74, 6) is 0.882. The Labute approximate surface area is 136 Å². The first-order valence-corrected chi connectivity index (χ1v) is 7.80. The van der Waals surface area contributed by atoms with E-state index in [2.05, 4.69) is 40.4 Å². The van der Waals surface area contributed by atoms with Gasteiger partial charge in [0.15, 0.2) is 0 Å². The van der Waals surface area contributed by atoms with E-state index in [-0.39, 0.29) is 6.04 Å². The zero-order valence-electron chi connectivity index (χ0n) is 13.5. The molecule has 0 amide bonds. The molecule has 0 aliphatic heterocycles. The van der Waals surface area contributed by atoms with Crippen LogP contribution in [0.3, 0.4) is 0 Å². The van der Waals surface area contributed by atoms with E-state index >= 15 is 0 Å². The largest absolute Gasteiger partial charge is 0.380 e. The van der Waals surface area contributed by atoms with Crippen LogP contribution in [0.15, 0.2) is 54.9 Å². The number of anilines is 1. The van der Waals surface area contributed by atoms with Crippen LogP contribution in [0.1, 0.15) is 18.1 Å². The number of fused-ring (bicyclic) bond motifs is 1. The molecule has 1 aromatic heterocycles. The van der Waals surface area contributed by atoms with E-state index in [9.17, 15) is 0 Å². The van der Waals surface area contributed by atoms with E-state index in [0.29, 0.717) is 6.61 Å². The van der Waals surface area contributed by atoms with Crippen molar-refractivity contribution in [3.05, 3.63) is 66.0 Å². The first-order valence-electron chi connectivity index (χ1n) is 7.80. The fraction of sp³-hybridized carbons (Fsp3) is 0.263. The van der Waals surface area contributed by atoms with Crippen LogP contribution in [0.5, 0.6) is 0 Å². The Hall–Kier alpha value is -2.46. The molecule has 3 rings (SSSR count). The fourth-order valence-electron chi connectivity index (χ4n) is 2.79. The summed E-state index contributed by atoms with van der Waals surface area (Å²) in [6.07, 6.45) is 2.52. The molecule has 4 heteroatoms. The van der Waals surface area contributed by atoms with Gasteiger partial charge in [-0.25, -0.2) is 9.97 Å². The van der Waals surface area contributed by atoms with Crippen molar-refractivity contribution in [1.82, 2.24) is 9.97 Å². The van der Waals surface area contributed by atoms with Gasteiger partial charge < -0.3 is 10.1 Å². The third-order valence-electron chi connectivity index (χ3n) is 3.87. The molecule has 1 heterocycles. The van der Waals surface area contributed by atoms with Crippen LogP contribution in [0, 0.1) is 0 Å². The quantitative estimate of drug-likeness (QED) is 0.752. The minimum absolute atomic E-state index is 0.256. The molecule has 0 saturated carbocycles. The minimum atomic E-state index is 0.256. The molecule has 4 nitrogen and oxygen atoms in total. The molecule has 0 bridgehead atoms. The zero-order valence-corrected chi connectivity index (χ0v) is 13.5. The SMILES string of the molecule is COCc1ccccc1CC(C)Nc1ncnc2ccccc12. The Morgan fingerprint density at radius 2 is 1.74 bits per heavy atom. The molecule has 0 spiro atoms. The van der Waals surface area contributed by atoms with Crippen molar-refractivity contribution in [2.75, 3.05) is 12.4 Å². The lowest BCUT2D eigenvalue weighted by Crippen LogP contribution is -2.20. The van der Waals surface area contributed by atoms with Crippen molar-refractivity contribution >= 4 is 16.7 Å². The molecule has 118 valence electrons. The van der Waals surface area contributed by atoms with Crippen LogP contribution in [-0.2, 0) is 17.8 Å². The Morgan fingerprint density at radius 3 is 2.57 bits per heavy atom. The van der Waals surface area contributed by atoms with Gasteiger partial charge in [-0.3, -0.25) is 0 Å².